The van der Waals surface area contributed by atoms with Crippen molar-refractivity contribution in [3.05, 3.63) is 23.8 Å². The van der Waals surface area contributed by atoms with Crippen LogP contribution in [0.1, 0.15) is 72.6 Å². The highest BCUT2D eigenvalue weighted by Gasteiger charge is 2.40. The van der Waals surface area contributed by atoms with Gasteiger partial charge in [0.2, 0.25) is 0 Å². The van der Waals surface area contributed by atoms with Gasteiger partial charge in [-0.1, -0.05) is 46.3 Å². The fraction of sp³-hybridized carbons (Fsp3) is 0.750. The Hall–Kier alpha value is -2.21. The summed E-state index contributed by atoms with van der Waals surface area (Å²) in [5.74, 6) is -3.23. The first-order chi connectivity index (χ1) is 17.0. The van der Waals surface area contributed by atoms with Gasteiger partial charge in [0.25, 0.3) is 0 Å². The maximum Gasteiger partial charge on any atom is 0.308 e. The summed E-state index contributed by atoms with van der Waals surface area (Å²) in [6, 6.07) is 2.05. The lowest BCUT2D eigenvalue weighted by Crippen LogP contribution is -2.35. The van der Waals surface area contributed by atoms with E-state index in [0.29, 0.717) is 25.7 Å². The fourth-order valence-electron chi connectivity index (χ4n) is 5.83. The smallest absolute Gasteiger partial charge is 0.308 e. The lowest BCUT2D eigenvalue weighted by Gasteiger charge is -2.31. The largest absolute Gasteiger partial charge is 0.481 e. The summed E-state index contributed by atoms with van der Waals surface area (Å²) in [7, 11) is 0. The van der Waals surface area contributed by atoms with E-state index in [2.05, 4.69) is 6.07 Å². The third kappa shape index (κ3) is 8.16. The maximum atomic E-state index is 12.8. The number of aliphatic hydroxyl groups excluding tert-OH is 3. The van der Waals surface area contributed by atoms with Crippen LogP contribution < -0.4 is 0 Å². The number of carbonyl (C=O) groups excluding carboxylic acids is 1. The Morgan fingerprint density at radius 3 is 2.28 bits per heavy atom. The third-order valence-electron chi connectivity index (χ3n) is 8.10. The van der Waals surface area contributed by atoms with Gasteiger partial charge in [0.15, 0.2) is 0 Å². The van der Waals surface area contributed by atoms with Crippen LogP contribution in [0, 0.1) is 46.8 Å². The third-order valence-corrected chi connectivity index (χ3v) is 8.10. The van der Waals surface area contributed by atoms with Crippen molar-refractivity contribution in [1.29, 1.82) is 5.26 Å². The van der Waals surface area contributed by atoms with Crippen LogP contribution in [0.3, 0.4) is 0 Å². The molecule has 0 unspecified atom stereocenters. The van der Waals surface area contributed by atoms with Gasteiger partial charge < -0.3 is 25.2 Å². The predicted octanol–water partition coefficient (Wildman–Crippen LogP) is 3.61. The molecule has 8 nitrogen and oxygen atoms in total. The summed E-state index contributed by atoms with van der Waals surface area (Å²) in [5, 5.41) is 51.5. The van der Waals surface area contributed by atoms with Crippen molar-refractivity contribution in [2.24, 2.45) is 35.5 Å². The molecule has 1 heterocycles. The average Bonchev–Trinajstić information content (AvgIpc) is 3.32. The molecule has 0 radical (unpaired) electrons. The molecule has 8 heteroatoms. The molecule has 1 aliphatic carbocycles. The van der Waals surface area contributed by atoms with Crippen LogP contribution in [0.5, 0.6) is 0 Å². The maximum absolute atomic E-state index is 12.8. The van der Waals surface area contributed by atoms with Crippen molar-refractivity contribution in [2.75, 3.05) is 0 Å². The van der Waals surface area contributed by atoms with Gasteiger partial charge in [-0.2, -0.15) is 5.26 Å². The molecule has 202 valence electrons. The van der Waals surface area contributed by atoms with Crippen molar-refractivity contribution in [3.63, 3.8) is 0 Å². The quantitative estimate of drug-likeness (QED) is 0.416. The molecule has 1 aliphatic heterocycles. The van der Waals surface area contributed by atoms with Crippen LogP contribution in [0.25, 0.3) is 0 Å². The molecule has 2 rings (SSSR count). The summed E-state index contributed by atoms with van der Waals surface area (Å²) < 4.78 is 5.74. The molecule has 0 aromatic heterocycles. The highest BCUT2D eigenvalue weighted by Crippen LogP contribution is 2.37. The second-order valence-electron chi connectivity index (χ2n) is 11.1. The Kier molecular flexibility index (Phi) is 11.6. The number of ether oxygens (including phenoxy) is 1. The standard InChI is InChI=1S/C28H43NO7/c1-16-12-17(2)26(32)18(3)13-19(4)27(33)20(15-29)8-5-6-11-24(36-25(31)14-23(16)30)21-9-7-10-22(21)28(34)35/h5-6,8,16-19,21-24,26-27,30,32-33H,7,9-14H2,1-4H3,(H,34,35)/t16-,17+,18-,19-,21+,22+,23-,24-,26-,27+/m0/s1. The first-order valence-electron chi connectivity index (χ1n) is 13.2. The molecule has 0 aromatic carbocycles. The summed E-state index contributed by atoms with van der Waals surface area (Å²) >= 11 is 0. The van der Waals surface area contributed by atoms with Crippen LogP contribution in [0.15, 0.2) is 23.8 Å². The van der Waals surface area contributed by atoms with E-state index in [9.17, 15) is 35.3 Å². The van der Waals surface area contributed by atoms with Crippen LogP contribution in [0.4, 0.5) is 0 Å². The van der Waals surface area contributed by atoms with Gasteiger partial charge in [-0.25, -0.2) is 0 Å². The lowest BCUT2D eigenvalue weighted by molar-refractivity contribution is -0.159. The zero-order chi connectivity index (χ0) is 27.0. The number of aliphatic carboxylic acids is 1. The highest BCUT2D eigenvalue weighted by molar-refractivity contribution is 5.72. The summed E-state index contributed by atoms with van der Waals surface area (Å²) in [6.45, 7) is 7.48. The van der Waals surface area contributed by atoms with Crippen molar-refractivity contribution < 1.29 is 34.8 Å². The van der Waals surface area contributed by atoms with Crippen LogP contribution in [-0.2, 0) is 14.3 Å². The Balaban J connectivity index is 2.34. The average molecular weight is 506 g/mol. The van der Waals surface area contributed by atoms with E-state index in [-0.39, 0.29) is 48.0 Å². The van der Waals surface area contributed by atoms with Crippen LogP contribution in [0.2, 0.25) is 0 Å². The number of hydrogen-bond acceptors (Lipinski definition) is 7. The van der Waals surface area contributed by atoms with Gasteiger partial charge in [0, 0.05) is 12.3 Å². The molecular weight excluding hydrogens is 462 g/mol. The monoisotopic (exact) mass is 505 g/mol. The highest BCUT2D eigenvalue weighted by atomic mass is 16.5. The number of cyclic esters (lactones) is 1. The molecule has 2 aliphatic rings. The molecule has 36 heavy (non-hydrogen) atoms. The second-order valence-corrected chi connectivity index (χ2v) is 11.1. The van der Waals surface area contributed by atoms with E-state index in [1.807, 2.05) is 27.7 Å². The minimum Gasteiger partial charge on any atom is -0.481 e. The number of aliphatic hydroxyl groups is 3. The number of esters is 1. The SMILES string of the molecule is C[C@@H]1C[C@H](C)[C@@H](O)CC(=O)O[C@H]([C@@H]2CCC[C@H]2C(=O)O)CC=CC=C(C#N)[C@H](O)[C@@H](C)C[C@H](C)[C@H]1O. The summed E-state index contributed by atoms with van der Waals surface area (Å²) in [6.07, 6.45) is 4.57. The number of nitrogens with zero attached hydrogens (tertiary/aromatic N) is 1. The van der Waals surface area contributed by atoms with Crippen LogP contribution >= 0.6 is 0 Å². The number of carbonyl (C=O) groups is 2. The number of allylic oxidation sites excluding steroid dienone is 2. The number of carboxylic acid groups (broad SMARTS) is 1. The van der Waals surface area contributed by atoms with Gasteiger partial charge in [-0.05, 0) is 55.4 Å². The molecule has 0 saturated heterocycles. The molecule has 4 N–H and O–H groups in total. The zero-order valence-electron chi connectivity index (χ0n) is 21.9. The Bertz CT molecular complexity index is 847. The van der Waals surface area contributed by atoms with Crippen LogP contribution in [-0.4, -0.2) is 56.8 Å². The molecule has 1 fully saturated rings. The zero-order valence-corrected chi connectivity index (χ0v) is 21.9. The number of carboxylic acids is 1. The van der Waals surface area contributed by atoms with Gasteiger partial charge >= 0.3 is 11.9 Å². The predicted molar refractivity (Wildman–Crippen MR) is 134 cm³/mol. The second kappa shape index (κ2) is 13.9. The van der Waals surface area contributed by atoms with Gasteiger partial charge in [-0.15, -0.1) is 0 Å². The molecule has 0 amide bonds. The number of rotatable bonds is 2. The van der Waals surface area contributed by atoms with Gasteiger partial charge in [0.1, 0.15) is 6.10 Å². The Morgan fingerprint density at radius 2 is 1.67 bits per heavy atom. The first kappa shape index (κ1) is 30.0. The topological polar surface area (TPSA) is 148 Å². The molecule has 0 aromatic rings. The van der Waals surface area contributed by atoms with E-state index in [1.54, 1.807) is 12.2 Å². The van der Waals surface area contributed by atoms with Crippen molar-refractivity contribution in [2.45, 2.75) is 97.1 Å². The van der Waals surface area contributed by atoms with Crippen molar-refractivity contribution >= 4 is 11.9 Å². The van der Waals surface area contributed by atoms with Crippen molar-refractivity contribution in [1.82, 2.24) is 0 Å². The first-order valence-corrected chi connectivity index (χ1v) is 13.2. The molecule has 0 spiro atoms. The minimum absolute atomic E-state index is 0.136. The molecule has 10 atom stereocenters. The normalized spacial score (nSPS) is 39.8. The molecule has 0 bridgehead atoms. The van der Waals surface area contributed by atoms with E-state index in [0.717, 1.165) is 6.42 Å². The van der Waals surface area contributed by atoms with E-state index in [1.165, 1.54) is 6.08 Å². The van der Waals surface area contributed by atoms with E-state index in [4.69, 9.17) is 4.74 Å². The van der Waals surface area contributed by atoms with Gasteiger partial charge in [-0.3, -0.25) is 9.59 Å². The van der Waals surface area contributed by atoms with E-state index >= 15 is 0 Å². The Labute approximate surface area is 214 Å². The number of nitriles is 1. The summed E-state index contributed by atoms with van der Waals surface area (Å²) in [5.41, 5.74) is 0.198. The minimum atomic E-state index is -0.996. The van der Waals surface area contributed by atoms with Crippen molar-refractivity contribution in [3.8, 4) is 6.07 Å². The Morgan fingerprint density at radius 1 is 1.03 bits per heavy atom. The van der Waals surface area contributed by atoms with Gasteiger partial charge in [0.05, 0.1) is 42.3 Å². The fourth-order valence-corrected chi connectivity index (χ4v) is 5.83. The molecule has 1 saturated carbocycles. The lowest BCUT2D eigenvalue weighted by atomic mass is 9.80. The number of hydrogen-bond donors (Lipinski definition) is 4. The van der Waals surface area contributed by atoms with E-state index < -0.39 is 42.3 Å². The summed E-state index contributed by atoms with van der Waals surface area (Å²) in [4.78, 5) is 24.5. The molecular formula is C28H43NO7.